The first kappa shape index (κ1) is 18.0. The number of amides is 2. The van der Waals surface area contributed by atoms with Gasteiger partial charge < -0.3 is 10.2 Å². The van der Waals surface area contributed by atoms with Crippen LogP contribution in [0.2, 0.25) is 0 Å². The molecule has 0 spiro atoms. The van der Waals surface area contributed by atoms with E-state index in [1.54, 1.807) is 21.1 Å². The number of benzene rings is 1. The number of hydrogen-bond acceptors (Lipinski definition) is 3. The second-order valence-corrected chi connectivity index (χ2v) is 5.08. The number of alkyl halides is 3. The second kappa shape index (κ2) is 7.26. The average Bonchev–Trinajstić information content (AvgIpc) is 2.37. The van der Waals surface area contributed by atoms with Crippen molar-refractivity contribution in [1.29, 1.82) is 0 Å². The molecule has 0 fully saturated rings. The molecule has 0 aliphatic heterocycles. The number of anilines is 1. The monoisotopic (exact) mass is 317 g/mol. The van der Waals surface area contributed by atoms with Gasteiger partial charge in [0.05, 0.1) is 18.7 Å². The van der Waals surface area contributed by atoms with Crippen molar-refractivity contribution in [2.45, 2.75) is 6.18 Å². The maximum atomic E-state index is 12.4. The number of halogens is 3. The Kier molecular flexibility index (Phi) is 5.92. The lowest BCUT2D eigenvalue weighted by Gasteiger charge is -2.18. The maximum absolute atomic E-state index is 12.4. The van der Waals surface area contributed by atoms with Crippen molar-refractivity contribution >= 4 is 17.5 Å². The first-order chi connectivity index (χ1) is 10.1. The van der Waals surface area contributed by atoms with Crippen LogP contribution in [0.3, 0.4) is 0 Å². The predicted molar refractivity (Wildman–Crippen MR) is 76.3 cm³/mol. The van der Waals surface area contributed by atoms with E-state index in [9.17, 15) is 22.8 Å². The molecule has 1 N–H and O–H groups in total. The molecule has 0 aliphatic carbocycles. The minimum atomic E-state index is -4.41. The highest BCUT2D eigenvalue weighted by atomic mass is 19.4. The molecule has 5 nitrogen and oxygen atoms in total. The highest BCUT2D eigenvalue weighted by Gasteiger charge is 2.29. The molecule has 0 saturated heterocycles. The minimum Gasteiger partial charge on any atom is -0.348 e. The molecular weight excluding hydrogens is 299 g/mol. The van der Waals surface area contributed by atoms with Crippen LogP contribution in [0.5, 0.6) is 0 Å². The Morgan fingerprint density at radius 3 is 2.05 bits per heavy atom. The van der Waals surface area contributed by atoms with E-state index in [1.807, 2.05) is 0 Å². The molecule has 1 rings (SSSR count). The smallest absolute Gasteiger partial charge is 0.348 e. The van der Waals surface area contributed by atoms with E-state index >= 15 is 0 Å². The number of carbonyl (C=O) groups is 2. The molecule has 2 amide bonds. The van der Waals surface area contributed by atoms with E-state index in [4.69, 9.17) is 0 Å². The summed E-state index contributed by atoms with van der Waals surface area (Å²) >= 11 is 0. The largest absolute Gasteiger partial charge is 0.416 e. The Morgan fingerprint density at radius 2 is 1.59 bits per heavy atom. The van der Waals surface area contributed by atoms with E-state index in [1.165, 1.54) is 21.9 Å². The quantitative estimate of drug-likeness (QED) is 0.899. The van der Waals surface area contributed by atoms with E-state index in [0.29, 0.717) is 0 Å². The molecule has 8 heteroatoms. The standard InChI is InChI=1S/C14H18F3N3O2/c1-19(2)13(22)9-20(3)8-12(21)18-11-6-4-10(5-7-11)14(15,16)17/h4-7H,8-9H2,1-3H3,(H,18,21). The summed E-state index contributed by atoms with van der Waals surface area (Å²) in [5.74, 6) is -0.557. The Hall–Kier alpha value is -2.09. The fourth-order valence-electron chi connectivity index (χ4n) is 1.62. The lowest BCUT2D eigenvalue weighted by atomic mass is 10.2. The van der Waals surface area contributed by atoms with Crippen molar-refractivity contribution in [1.82, 2.24) is 9.80 Å². The van der Waals surface area contributed by atoms with Gasteiger partial charge in [-0.15, -0.1) is 0 Å². The van der Waals surface area contributed by atoms with Gasteiger partial charge in [-0.1, -0.05) is 0 Å². The van der Waals surface area contributed by atoms with Crippen molar-refractivity contribution in [2.75, 3.05) is 39.5 Å². The summed E-state index contributed by atoms with van der Waals surface area (Å²) in [6.45, 7) is 0.0357. The van der Waals surface area contributed by atoms with Crippen LogP contribution < -0.4 is 5.32 Å². The number of nitrogens with one attached hydrogen (secondary N) is 1. The summed E-state index contributed by atoms with van der Waals surface area (Å²) in [5, 5.41) is 2.48. The molecule has 122 valence electrons. The highest BCUT2D eigenvalue weighted by molar-refractivity contribution is 5.92. The summed E-state index contributed by atoms with van der Waals surface area (Å²) in [5.41, 5.74) is -0.510. The first-order valence-corrected chi connectivity index (χ1v) is 6.45. The molecular formula is C14H18F3N3O2. The summed E-state index contributed by atoms with van der Waals surface area (Å²) < 4.78 is 37.2. The zero-order chi connectivity index (χ0) is 16.9. The lowest BCUT2D eigenvalue weighted by molar-refractivity contribution is -0.137. The average molecular weight is 317 g/mol. The predicted octanol–water partition coefficient (Wildman–Crippen LogP) is 1.66. The number of rotatable bonds is 5. The Bertz CT molecular complexity index is 527. The third-order valence-corrected chi connectivity index (χ3v) is 2.81. The van der Waals surface area contributed by atoms with Crippen LogP contribution in [-0.4, -0.2) is 55.8 Å². The molecule has 22 heavy (non-hydrogen) atoms. The summed E-state index contributed by atoms with van der Waals surface area (Å²) in [6, 6.07) is 4.17. The molecule has 0 heterocycles. The summed E-state index contributed by atoms with van der Waals surface area (Å²) in [4.78, 5) is 26.1. The van der Waals surface area contributed by atoms with Crippen LogP contribution in [0, 0.1) is 0 Å². The van der Waals surface area contributed by atoms with E-state index in [0.717, 1.165) is 12.1 Å². The molecule has 0 atom stereocenters. The molecule has 0 bridgehead atoms. The van der Waals surface area contributed by atoms with Crippen molar-refractivity contribution in [2.24, 2.45) is 0 Å². The fourth-order valence-corrected chi connectivity index (χ4v) is 1.62. The fraction of sp³-hybridized carbons (Fsp3) is 0.429. The molecule has 0 saturated carbocycles. The molecule has 0 radical (unpaired) electrons. The highest BCUT2D eigenvalue weighted by Crippen LogP contribution is 2.29. The Balaban J connectivity index is 2.53. The number of carbonyl (C=O) groups excluding carboxylic acids is 2. The van der Waals surface area contributed by atoms with Gasteiger partial charge in [-0.2, -0.15) is 13.2 Å². The SMILES string of the molecule is CN(CC(=O)Nc1ccc(C(F)(F)F)cc1)CC(=O)N(C)C. The van der Waals surface area contributed by atoms with Gasteiger partial charge in [0.15, 0.2) is 0 Å². The number of nitrogens with zero attached hydrogens (tertiary/aromatic N) is 2. The number of hydrogen-bond donors (Lipinski definition) is 1. The maximum Gasteiger partial charge on any atom is 0.416 e. The topological polar surface area (TPSA) is 52.7 Å². The second-order valence-electron chi connectivity index (χ2n) is 5.08. The van der Waals surface area contributed by atoms with Crippen molar-refractivity contribution in [3.8, 4) is 0 Å². The zero-order valence-electron chi connectivity index (χ0n) is 12.6. The van der Waals surface area contributed by atoms with Crippen LogP contribution in [0.1, 0.15) is 5.56 Å². The van der Waals surface area contributed by atoms with Crippen LogP contribution in [0.25, 0.3) is 0 Å². The van der Waals surface area contributed by atoms with Gasteiger partial charge in [0, 0.05) is 19.8 Å². The third kappa shape index (κ3) is 5.72. The number of likely N-dealkylation sites (N-methyl/N-ethyl adjacent to an activating group) is 2. The molecule has 0 aromatic heterocycles. The third-order valence-electron chi connectivity index (χ3n) is 2.81. The first-order valence-electron chi connectivity index (χ1n) is 6.45. The summed E-state index contributed by atoms with van der Waals surface area (Å²) in [7, 11) is 4.82. The van der Waals surface area contributed by atoms with Gasteiger partial charge in [0.25, 0.3) is 0 Å². The molecule has 0 unspecified atom stereocenters. The Morgan fingerprint density at radius 1 is 1.05 bits per heavy atom. The zero-order valence-corrected chi connectivity index (χ0v) is 12.6. The minimum absolute atomic E-state index is 0.0411. The molecule has 1 aromatic carbocycles. The van der Waals surface area contributed by atoms with E-state index < -0.39 is 17.6 Å². The van der Waals surface area contributed by atoms with Crippen LogP contribution in [0.15, 0.2) is 24.3 Å². The van der Waals surface area contributed by atoms with Gasteiger partial charge in [0.2, 0.25) is 11.8 Å². The van der Waals surface area contributed by atoms with Gasteiger partial charge in [-0.25, -0.2) is 0 Å². The lowest BCUT2D eigenvalue weighted by Crippen LogP contribution is -2.38. The van der Waals surface area contributed by atoms with E-state index in [2.05, 4.69) is 5.32 Å². The molecule has 1 aromatic rings. The van der Waals surface area contributed by atoms with Gasteiger partial charge in [-0.05, 0) is 31.3 Å². The van der Waals surface area contributed by atoms with Gasteiger partial charge in [-0.3, -0.25) is 14.5 Å². The normalized spacial score (nSPS) is 11.4. The Labute approximate surface area is 126 Å². The van der Waals surface area contributed by atoms with Crippen molar-refractivity contribution < 1.29 is 22.8 Å². The van der Waals surface area contributed by atoms with Crippen LogP contribution >= 0.6 is 0 Å². The van der Waals surface area contributed by atoms with Crippen molar-refractivity contribution in [3.63, 3.8) is 0 Å². The summed E-state index contributed by atoms with van der Waals surface area (Å²) in [6.07, 6.45) is -4.41. The van der Waals surface area contributed by atoms with Gasteiger partial charge >= 0.3 is 6.18 Å². The van der Waals surface area contributed by atoms with Crippen LogP contribution in [0.4, 0.5) is 18.9 Å². The van der Waals surface area contributed by atoms with Gasteiger partial charge in [0.1, 0.15) is 0 Å². The van der Waals surface area contributed by atoms with E-state index in [-0.39, 0.29) is 24.7 Å². The van der Waals surface area contributed by atoms with Crippen molar-refractivity contribution in [3.05, 3.63) is 29.8 Å². The molecule has 0 aliphatic rings. The van der Waals surface area contributed by atoms with Crippen LogP contribution in [-0.2, 0) is 15.8 Å².